The van der Waals surface area contributed by atoms with Gasteiger partial charge in [0.1, 0.15) is 6.04 Å². The number of rotatable bonds is 4. The smallest absolute Gasteiger partial charge is 0.322 e. The number of nitrogens with one attached hydrogen (secondary N) is 1. The topological polar surface area (TPSA) is 89.1 Å². The second kappa shape index (κ2) is 6.04. The first kappa shape index (κ1) is 15.4. The monoisotopic (exact) mass is 338 g/mol. The average Bonchev–Trinajstić information content (AvgIpc) is 3.31. The van der Waals surface area contributed by atoms with E-state index in [4.69, 9.17) is 4.52 Å². The van der Waals surface area contributed by atoms with Crippen molar-refractivity contribution in [3.63, 3.8) is 0 Å². The highest BCUT2D eigenvalue weighted by molar-refractivity contribution is 6.00. The van der Waals surface area contributed by atoms with Crippen molar-refractivity contribution in [3.8, 4) is 11.4 Å². The van der Waals surface area contributed by atoms with Crippen LogP contribution in [0.5, 0.6) is 0 Å². The van der Waals surface area contributed by atoms with E-state index in [1.54, 1.807) is 15.8 Å². The highest BCUT2D eigenvalue weighted by Gasteiger charge is 2.34. The van der Waals surface area contributed by atoms with Gasteiger partial charge in [0.25, 0.3) is 0 Å². The Balaban J connectivity index is 1.46. The van der Waals surface area contributed by atoms with Gasteiger partial charge in [0, 0.05) is 25.4 Å². The number of anilines is 2. The molecule has 4 rings (SSSR count). The molecule has 1 fully saturated rings. The summed E-state index contributed by atoms with van der Waals surface area (Å²) in [5.74, 6) is 0.472. The van der Waals surface area contributed by atoms with Gasteiger partial charge in [0.05, 0.1) is 11.9 Å². The lowest BCUT2D eigenvalue weighted by Crippen LogP contribution is -2.33. The van der Waals surface area contributed by atoms with Crippen molar-refractivity contribution in [3.05, 3.63) is 42.2 Å². The number of aryl methyl sites for hydroxylation is 2. The van der Waals surface area contributed by atoms with Gasteiger partial charge in [0.2, 0.25) is 11.7 Å². The fourth-order valence-electron chi connectivity index (χ4n) is 2.87. The Morgan fingerprint density at radius 1 is 1.28 bits per heavy atom. The van der Waals surface area contributed by atoms with E-state index in [-0.39, 0.29) is 18.0 Å². The zero-order valence-electron chi connectivity index (χ0n) is 14.0. The lowest BCUT2D eigenvalue weighted by Gasteiger charge is -2.14. The van der Waals surface area contributed by atoms with E-state index in [0.717, 1.165) is 16.8 Å². The van der Waals surface area contributed by atoms with E-state index in [0.29, 0.717) is 18.8 Å². The third kappa shape index (κ3) is 2.98. The van der Waals surface area contributed by atoms with Crippen molar-refractivity contribution in [2.45, 2.75) is 19.4 Å². The predicted octanol–water partition coefficient (Wildman–Crippen LogP) is 2.00. The maximum absolute atomic E-state index is 12.6. The maximum atomic E-state index is 12.6. The van der Waals surface area contributed by atoms with Crippen LogP contribution in [0.1, 0.15) is 12.0 Å². The van der Waals surface area contributed by atoms with E-state index in [1.165, 1.54) is 0 Å². The fourth-order valence-corrected chi connectivity index (χ4v) is 2.87. The largest absolute Gasteiger partial charge is 0.326 e. The van der Waals surface area contributed by atoms with Crippen LogP contribution in [0.3, 0.4) is 0 Å². The lowest BCUT2D eigenvalue weighted by molar-refractivity contribution is -0.117. The summed E-state index contributed by atoms with van der Waals surface area (Å²) in [6, 6.07) is 7.73. The molecule has 3 heterocycles. The summed E-state index contributed by atoms with van der Waals surface area (Å²) in [6.07, 6.45) is 4.17. The van der Waals surface area contributed by atoms with Crippen LogP contribution < -0.4 is 10.2 Å². The SMILES string of the molecule is Cc1ccc(-c2noc(NC3CCN(c4cnn(C)c4)C3=O)n2)cc1. The summed E-state index contributed by atoms with van der Waals surface area (Å²) < 4.78 is 6.92. The number of benzene rings is 1. The van der Waals surface area contributed by atoms with Gasteiger partial charge < -0.3 is 14.7 Å². The van der Waals surface area contributed by atoms with Gasteiger partial charge >= 0.3 is 6.01 Å². The van der Waals surface area contributed by atoms with Gasteiger partial charge in [-0.2, -0.15) is 10.1 Å². The van der Waals surface area contributed by atoms with Gasteiger partial charge in [-0.05, 0) is 13.3 Å². The Bertz CT molecular complexity index is 898. The van der Waals surface area contributed by atoms with Crippen LogP contribution in [0.25, 0.3) is 11.4 Å². The summed E-state index contributed by atoms with van der Waals surface area (Å²) in [5, 5.41) is 11.1. The summed E-state index contributed by atoms with van der Waals surface area (Å²) in [5.41, 5.74) is 2.83. The van der Waals surface area contributed by atoms with Crippen LogP contribution in [0, 0.1) is 6.92 Å². The zero-order chi connectivity index (χ0) is 17.4. The normalized spacial score (nSPS) is 17.3. The molecular weight excluding hydrogens is 320 g/mol. The summed E-state index contributed by atoms with van der Waals surface area (Å²) in [6.45, 7) is 2.65. The molecule has 1 atom stereocenters. The second-order valence-corrected chi connectivity index (χ2v) is 6.14. The second-order valence-electron chi connectivity index (χ2n) is 6.14. The molecule has 0 bridgehead atoms. The number of amides is 1. The fraction of sp³-hybridized carbons (Fsp3) is 0.294. The molecule has 8 nitrogen and oxygen atoms in total. The van der Waals surface area contributed by atoms with Crippen molar-refractivity contribution >= 4 is 17.6 Å². The molecule has 1 N–H and O–H groups in total. The molecule has 1 saturated heterocycles. The van der Waals surface area contributed by atoms with Crippen LogP contribution in [-0.2, 0) is 11.8 Å². The molecule has 0 radical (unpaired) electrons. The number of hydrogen-bond acceptors (Lipinski definition) is 6. The maximum Gasteiger partial charge on any atom is 0.322 e. The van der Waals surface area contributed by atoms with Gasteiger partial charge in [0.15, 0.2) is 0 Å². The molecule has 1 amide bonds. The minimum Gasteiger partial charge on any atom is -0.326 e. The van der Waals surface area contributed by atoms with E-state index >= 15 is 0 Å². The van der Waals surface area contributed by atoms with Crippen molar-refractivity contribution in [2.75, 3.05) is 16.8 Å². The minimum absolute atomic E-state index is 0.0249. The summed E-state index contributed by atoms with van der Waals surface area (Å²) in [4.78, 5) is 18.6. The summed E-state index contributed by atoms with van der Waals surface area (Å²) in [7, 11) is 1.82. The van der Waals surface area contributed by atoms with Crippen LogP contribution in [0.2, 0.25) is 0 Å². The van der Waals surface area contributed by atoms with Gasteiger partial charge in [-0.1, -0.05) is 35.0 Å². The molecule has 0 aliphatic carbocycles. The van der Waals surface area contributed by atoms with Crippen LogP contribution in [-0.4, -0.2) is 38.4 Å². The first-order valence-electron chi connectivity index (χ1n) is 8.07. The highest BCUT2D eigenvalue weighted by atomic mass is 16.5. The van der Waals surface area contributed by atoms with Crippen LogP contribution >= 0.6 is 0 Å². The number of carbonyl (C=O) groups is 1. The Kier molecular flexibility index (Phi) is 3.72. The van der Waals surface area contributed by atoms with Crippen molar-refractivity contribution < 1.29 is 9.32 Å². The molecular formula is C17H18N6O2. The molecule has 128 valence electrons. The van der Waals surface area contributed by atoms with Gasteiger partial charge in [-0.3, -0.25) is 9.48 Å². The lowest BCUT2D eigenvalue weighted by atomic mass is 10.1. The first-order valence-corrected chi connectivity index (χ1v) is 8.07. The van der Waals surface area contributed by atoms with Crippen LogP contribution in [0.4, 0.5) is 11.7 Å². The Morgan fingerprint density at radius 2 is 2.08 bits per heavy atom. The molecule has 1 aliphatic rings. The number of aromatic nitrogens is 4. The van der Waals surface area contributed by atoms with Gasteiger partial charge in [-0.15, -0.1) is 0 Å². The molecule has 1 unspecified atom stereocenters. The van der Waals surface area contributed by atoms with E-state index in [9.17, 15) is 4.79 Å². The molecule has 1 aliphatic heterocycles. The summed E-state index contributed by atoms with van der Waals surface area (Å²) >= 11 is 0. The third-order valence-electron chi connectivity index (χ3n) is 4.24. The standard InChI is InChI=1S/C17H18N6O2/c1-11-3-5-12(6-4-11)15-20-17(25-21-15)19-14-7-8-23(16(14)24)13-9-18-22(2)10-13/h3-6,9-10,14H,7-8H2,1-2H3,(H,19,20,21). The van der Waals surface area contributed by atoms with E-state index in [2.05, 4.69) is 20.6 Å². The Labute approximate surface area is 144 Å². The quantitative estimate of drug-likeness (QED) is 0.782. The van der Waals surface area contributed by atoms with Crippen molar-refractivity contribution in [1.82, 2.24) is 19.9 Å². The van der Waals surface area contributed by atoms with E-state index < -0.39 is 0 Å². The molecule has 1 aromatic carbocycles. The van der Waals surface area contributed by atoms with Gasteiger partial charge in [-0.25, -0.2) is 0 Å². The molecule has 2 aromatic heterocycles. The predicted molar refractivity (Wildman–Crippen MR) is 92.1 cm³/mol. The Hall–Kier alpha value is -3.16. The number of nitrogens with zero attached hydrogens (tertiary/aromatic N) is 5. The average molecular weight is 338 g/mol. The van der Waals surface area contributed by atoms with E-state index in [1.807, 2.05) is 44.4 Å². The van der Waals surface area contributed by atoms with Crippen molar-refractivity contribution in [2.24, 2.45) is 7.05 Å². The molecule has 25 heavy (non-hydrogen) atoms. The molecule has 0 spiro atoms. The minimum atomic E-state index is -0.383. The Morgan fingerprint density at radius 3 is 2.80 bits per heavy atom. The molecule has 8 heteroatoms. The van der Waals surface area contributed by atoms with Crippen LogP contribution in [0.15, 0.2) is 41.2 Å². The molecule has 0 saturated carbocycles. The first-order chi connectivity index (χ1) is 12.1. The number of carbonyl (C=O) groups excluding carboxylic acids is 1. The third-order valence-corrected chi connectivity index (χ3v) is 4.24. The van der Waals surface area contributed by atoms with Crippen molar-refractivity contribution in [1.29, 1.82) is 0 Å². The molecule has 3 aromatic rings. The zero-order valence-corrected chi connectivity index (χ0v) is 14.0. The number of hydrogen-bond donors (Lipinski definition) is 1. The highest BCUT2D eigenvalue weighted by Crippen LogP contribution is 2.24.